The van der Waals surface area contributed by atoms with Crippen molar-refractivity contribution >= 4 is 0 Å². The second kappa shape index (κ2) is 5.35. The smallest absolute Gasteiger partial charge is 0.317 e. The molecule has 0 saturated carbocycles. The molecule has 0 spiro atoms. The summed E-state index contributed by atoms with van der Waals surface area (Å²) in [6.07, 6.45) is -1.28. The monoisotopic (exact) mass is 173 g/mol. The maximum atomic E-state index is 9.69. The minimum Gasteiger partial charge on any atom is -0.317 e. The summed E-state index contributed by atoms with van der Waals surface area (Å²) in [4.78, 5) is 0. The Bertz CT molecular complexity index is 69.6. The molecule has 0 aromatic carbocycles. The van der Waals surface area contributed by atoms with Gasteiger partial charge >= 0.3 is 6.43 Å². The molecule has 1 saturated heterocycles. The van der Waals surface area contributed by atoms with Gasteiger partial charge in [-0.3, -0.25) is 0 Å². The van der Waals surface area contributed by atoms with Crippen LogP contribution in [0, 0.1) is 0 Å². The molecule has 1 aliphatic heterocycles. The first-order valence-corrected chi connectivity index (χ1v) is 3.46. The average Bonchev–Trinajstić information content (AvgIpc) is 1.88. The Morgan fingerprint density at radius 1 is 0.818 bits per heavy atom. The fourth-order valence-electron chi connectivity index (χ4n) is 0.802. The fourth-order valence-corrected chi connectivity index (χ4v) is 0.802. The molecule has 0 bridgehead atoms. The second-order valence-electron chi connectivity index (χ2n) is 2.24. The number of hydrogen-bond donors (Lipinski definition) is 1. The highest BCUT2D eigenvalue weighted by Crippen LogP contribution is 2.13. The van der Waals surface area contributed by atoms with E-state index >= 15 is 0 Å². The van der Waals surface area contributed by atoms with Crippen molar-refractivity contribution in [1.29, 1.82) is 0 Å². The fraction of sp³-hybridized carbons (Fsp3) is 1.00. The zero-order valence-corrected chi connectivity index (χ0v) is 6.05. The van der Waals surface area contributed by atoms with Gasteiger partial charge in [0.15, 0.2) is 0 Å². The summed E-state index contributed by atoms with van der Waals surface area (Å²) >= 11 is 0. The highest BCUT2D eigenvalue weighted by molar-refractivity contribution is 4.55. The van der Waals surface area contributed by atoms with Crippen LogP contribution in [-0.4, -0.2) is 19.5 Å². The lowest BCUT2D eigenvalue weighted by molar-refractivity contribution is -0.237. The van der Waals surface area contributed by atoms with Crippen molar-refractivity contribution in [3.63, 3.8) is 0 Å². The maximum absolute atomic E-state index is 9.69. The van der Waals surface area contributed by atoms with Crippen LogP contribution in [0.25, 0.3) is 0 Å². The Kier molecular flexibility index (Phi) is 5.19. The molecule has 5 heteroatoms. The first kappa shape index (κ1) is 10.7. The molecule has 0 aromatic heterocycles. The van der Waals surface area contributed by atoms with Gasteiger partial charge in [-0.05, 0) is 25.9 Å². The van der Waals surface area contributed by atoms with E-state index in [9.17, 15) is 17.6 Å². The minimum absolute atomic E-state index is 1.25. The van der Waals surface area contributed by atoms with E-state index in [-0.39, 0.29) is 0 Å². The number of rotatable bonds is 0. The second-order valence-corrected chi connectivity index (χ2v) is 2.24. The lowest BCUT2D eigenvalue weighted by Crippen LogP contribution is -2.21. The van der Waals surface area contributed by atoms with E-state index in [4.69, 9.17) is 0 Å². The summed E-state index contributed by atoms with van der Waals surface area (Å²) in [6.45, 7) is 2.50. The molecule has 0 radical (unpaired) electrons. The summed E-state index contributed by atoms with van der Waals surface area (Å²) in [5.41, 5.74) is 0. The van der Waals surface area contributed by atoms with Crippen LogP contribution in [-0.2, 0) is 0 Å². The minimum atomic E-state index is -5.50. The van der Waals surface area contributed by atoms with Gasteiger partial charge in [-0.15, -0.1) is 17.6 Å². The van der Waals surface area contributed by atoms with Gasteiger partial charge in [0.05, 0.1) is 0 Å². The molecule has 1 nitrogen and oxygen atoms in total. The SMILES string of the molecule is C1CCNCC1.FC(F)(F)F. The zero-order chi connectivity index (χ0) is 8.74. The van der Waals surface area contributed by atoms with Gasteiger partial charge < -0.3 is 5.32 Å². The van der Waals surface area contributed by atoms with Crippen LogP contribution in [0.4, 0.5) is 17.6 Å². The molecule has 68 valence electrons. The first-order chi connectivity index (χ1) is 5.00. The van der Waals surface area contributed by atoms with E-state index < -0.39 is 6.43 Å². The van der Waals surface area contributed by atoms with Gasteiger partial charge in [0.25, 0.3) is 0 Å². The quantitative estimate of drug-likeness (QED) is 0.554. The number of piperidine rings is 1. The average molecular weight is 173 g/mol. The van der Waals surface area contributed by atoms with Crippen LogP contribution in [0.15, 0.2) is 0 Å². The number of hydrogen-bond acceptors (Lipinski definition) is 1. The molecule has 0 aromatic rings. The lowest BCUT2D eigenvalue weighted by Gasteiger charge is -2.08. The molecule has 0 aliphatic carbocycles. The summed E-state index contributed by atoms with van der Waals surface area (Å²) in [7, 11) is 0. The van der Waals surface area contributed by atoms with Crippen molar-refractivity contribution in [1.82, 2.24) is 5.32 Å². The summed E-state index contributed by atoms with van der Waals surface area (Å²) < 4.78 is 38.8. The molecule has 0 atom stereocenters. The summed E-state index contributed by atoms with van der Waals surface area (Å²) in [5, 5.41) is 3.28. The third-order valence-electron chi connectivity index (χ3n) is 1.21. The van der Waals surface area contributed by atoms with E-state index in [0.717, 1.165) is 0 Å². The predicted octanol–water partition coefficient (Wildman–Crippen LogP) is 2.24. The largest absolute Gasteiger partial charge is 0.559 e. The van der Waals surface area contributed by atoms with Crippen molar-refractivity contribution in [3.05, 3.63) is 0 Å². The van der Waals surface area contributed by atoms with Gasteiger partial charge in [0.2, 0.25) is 0 Å². The van der Waals surface area contributed by atoms with Crippen LogP contribution in [0.3, 0.4) is 0 Å². The Hall–Kier alpha value is -0.320. The molecule has 1 heterocycles. The van der Waals surface area contributed by atoms with Crippen LogP contribution in [0.2, 0.25) is 0 Å². The Morgan fingerprint density at radius 3 is 1.27 bits per heavy atom. The van der Waals surface area contributed by atoms with Crippen LogP contribution in [0.1, 0.15) is 19.3 Å². The highest BCUT2D eigenvalue weighted by atomic mass is 19.5. The molecule has 1 N–H and O–H groups in total. The lowest BCUT2D eigenvalue weighted by atomic mass is 10.2. The van der Waals surface area contributed by atoms with Crippen LogP contribution in [0.5, 0.6) is 0 Å². The van der Waals surface area contributed by atoms with E-state index in [2.05, 4.69) is 5.32 Å². The van der Waals surface area contributed by atoms with E-state index in [1.807, 2.05) is 0 Å². The third kappa shape index (κ3) is 17.7. The predicted molar refractivity (Wildman–Crippen MR) is 33.9 cm³/mol. The van der Waals surface area contributed by atoms with Gasteiger partial charge in [-0.2, -0.15) is 0 Å². The molecule has 0 unspecified atom stereocenters. The van der Waals surface area contributed by atoms with E-state index in [0.29, 0.717) is 0 Å². The van der Waals surface area contributed by atoms with Crippen molar-refractivity contribution in [2.75, 3.05) is 13.1 Å². The molecular formula is C6H11F4N. The molecule has 11 heavy (non-hydrogen) atoms. The van der Waals surface area contributed by atoms with Gasteiger partial charge in [-0.25, -0.2) is 0 Å². The Balaban J connectivity index is 0.000000187. The van der Waals surface area contributed by atoms with Crippen molar-refractivity contribution < 1.29 is 17.6 Å². The van der Waals surface area contributed by atoms with E-state index in [1.165, 1.54) is 32.4 Å². The summed E-state index contributed by atoms with van der Waals surface area (Å²) in [6, 6.07) is 0. The third-order valence-corrected chi connectivity index (χ3v) is 1.21. The standard InChI is InChI=1S/C5H11N.CF4/c1-2-4-6-5-3-1;2-1(3,4)5/h6H,1-5H2;. The van der Waals surface area contributed by atoms with Crippen LogP contribution < -0.4 is 5.32 Å². The van der Waals surface area contributed by atoms with Gasteiger partial charge in [-0.1, -0.05) is 6.42 Å². The van der Waals surface area contributed by atoms with Gasteiger partial charge in [0.1, 0.15) is 0 Å². The van der Waals surface area contributed by atoms with Crippen molar-refractivity contribution in [2.45, 2.75) is 25.7 Å². The first-order valence-electron chi connectivity index (χ1n) is 3.46. The molecule has 1 fully saturated rings. The Labute approximate surface area is 62.8 Å². The Morgan fingerprint density at radius 2 is 1.18 bits per heavy atom. The zero-order valence-electron chi connectivity index (χ0n) is 6.05. The van der Waals surface area contributed by atoms with E-state index in [1.54, 1.807) is 0 Å². The maximum Gasteiger partial charge on any atom is 0.559 e. The van der Waals surface area contributed by atoms with Crippen LogP contribution >= 0.6 is 0 Å². The topological polar surface area (TPSA) is 12.0 Å². The molecule has 1 aliphatic rings. The highest BCUT2D eigenvalue weighted by Gasteiger charge is 2.24. The number of alkyl halides is 4. The van der Waals surface area contributed by atoms with Crippen molar-refractivity contribution in [3.8, 4) is 0 Å². The normalized spacial score (nSPS) is 18.5. The summed E-state index contributed by atoms with van der Waals surface area (Å²) in [5.74, 6) is 0. The van der Waals surface area contributed by atoms with Gasteiger partial charge in [0, 0.05) is 0 Å². The molecule has 1 rings (SSSR count). The molecule has 0 amide bonds. The number of halogens is 4. The van der Waals surface area contributed by atoms with Crippen molar-refractivity contribution in [2.24, 2.45) is 0 Å². The molecular weight excluding hydrogens is 162 g/mol. The number of nitrogens with one attached hydrogen (secondary N) is 1.